The molecular formula is C15H34N2. The third-order valence-electron chi connectivity index (χ3n) is 3.35. The van der Waals surface area contributed by atoms with Crippen molar-refractivity contribution in [2.45, 2.75) is 60.9 Å². The molecule has 104 valence electrons. The highest BCUT2D eigenvalue weighted by Gasteiger charge is 2.21. The first kappa shape index (κ1) is 16.9. The van der Waals surface area contributed by atoms with Crippen molar-refractivity contribution < 1.29 is 0 Å². The molecular weight excluding hydrogens is 208 g/mol. The summed E-state index contributed by atoms with van der Waals surface area (Å²) in [7, 11) is 0. The smallest absolute Gasteiger partial charge is 0.00448 e. The van der Waals surface area contributed by atoms with Crippen molar-refractivity contribution in [3.05, 3.63) is 0 Å². The SMILES string of the molecule is CCC(C)CN(CC)CC(C)(C)CNC(C)C. The van der Waals surface area contributed by atoms with Crippen molar-refractivity contribution in [1.82, 2.24) is 10.2 Å². The molecule has 17 heavy (non-hydrogen) atoms. The first-order valence-electron chi connectivity index (χ1n) is 7.26. The van der Waals surface area contributed by atoms with E-state index in [0.717, 1.165) is 19.0 Å². The fourth-order valence-electron chi connectivity index (χ4n) is 2.02. The molecule has 1 unspecified atom stereocenters. The van der Waals surface area contributed by atoms with Gasteiger partial charge in [-0.15, -0.1) is 0 Å². The quantitative estimate of drug-likeness (QED) is 0.667. The molecule has 0 saturated carbocycles. The lowest BCUT2D eigenvalue weighted by atomic mass is 9.91. The molecule has 0 aromatic rings. The van der Waals surface area contributed by atoms with Gasteiger partial charge in [-0.3, -0.25) is 0 Å². The second-order valence-electron chi connectivity index (χ2n) is 6.54. The largest absolute Gasteiger partial charge is 0.314 e. The summed E-state index contributed by atoms with van der Waals surface area (Å²) in [6.45, 7) is 20.7. The molecule has 0 bridgehead atoms. The number of nitrogens with one attached hydrogen (secondary N) is 1. The average Bonchev–Trinajstić information content (AvgIpc) is 2.25. The topological polar surface area (TPSA) is 15.3 Å². The van der Waals surface area contributed by atoms with E-state index in [0.29, 0.717) is 11.5 Å². The minimum atomic E-state index is 0.355. The number of hydrogen-bond acceptors (Lipinski definition) is 2. The van der Waals surface area contributed by atoms with Gasteiger partial charge in [0.2, 0.25) is 0 Å². The van der Waals surface area contributed by atoms with Gasteiger partial charge in [0.1, 0.15) is 0 Å². The summed E-state index contributed by atoms with van der Waals surface area (Å²) >= 11 is 0. The van der Waals surface area contributed by atoms with Crippen LogP contribution in [0.2, 0.25) is 0 Å². The van der Waals surface area contributed by atoms with Crippen molar-refractivity contribution in [3.8, 4) is 0 Å². The molecule has 0 aliphatic carbocycles. The van der Waals surface area contributed by atoms with E-state index in [1.165, 1.54) is 19.5 Å². The van der Waals surface area contributed by atoms with E-state index in [-0.39, 0.29) is 0 Å². The number of rotatable bonds is 9. The maximum Gasteiger partial charge on any atom is 0.00448 e. The Morgan fingerprint density at radius 2 is 1.71 bits per heavy atom. The van der Waals surface area contributed by atoms with E-state index in [1.54, 1.807) is 0 Å². The van der Waals surface area contributed by atoms with Gasteiger partial charge in [-0.2, -0.15) is 0 Å². The predicted octanol–water partition coefficient (Wildman–Crippen LogP) is 3.38. The zero-order valence-corrected chi connectivity index (χ0v) is 13.1. The van der Waals surface area contributed by atoms with Crippen LogP contribution in [0, 0.1) is 11.3 Å². The van der Waals surface area contributed by atoms with E-state index < -0.39 is 0 Å². The lowest BCUT2D eigenvalue weighted by Crippen LogP contribution is -2.43. The molecule has 0 spiro atoms. The molecule has 0 aromatic heterocycles. The highest BCUT2D eigenvalue weighted by Crippen LogP contribution is 2.17. The Morgan fingerprint density at radius 1 is 1.12 bits per heavy atom. The van der Waals surface area contributed by atoms with Gasteiger partial charge in [-0.25, -0.2) is 0 Å². The van der Waals surface area contributed by atoms with Gasteiger partial charge in [0.25, 0.3) is 0 Å². The summed E-state index contributed by atoms with van der Waals surface area (Å²) in [6, 6.07) is 0.582. The van der Waals surface area contributed by atoms with Crippen LogP contribution in [0.3, 0.4) is 0 Å². The molecule has 2 heteroatoms. The fraction of sp³-hybridized carbons (Fsp3) is 1.00. The van der Waals surface area contributed by atoms with Gasteiger partial charge in [-0.1, -0.05) is 54.9 Å². The van der Waals surface area contributed by atoms with Crippen LogP contribution in [0.5, 0.6) is 0 Å². The summed E-state index contributed by atoms with van der Waals surface area (Å²) in [5, 5.41) is 3.56. The van der Waals surface area contributed by atoms with Crippen molar-refractivity contribution in [2.24, 2.45) is 11.3 Å². The second kappa shape index (κ2) is 8.10. The molecule has 0 heterocycles. The summed E-state index contributed by atoms with van der Waals surface area (Å²) < 4.78 is 0. The predicted molar refractivity (Wildman–Crippen MR) is 78.5 cm³/mol. The van der Waals surface area contributed by atoms with E-state index in [9.17, 15) is 0 Å². The molecule has 0 fully saturated rings. The first-order valence-corrected chi connectivity index (χ1v) is 7.26. The lowest BCUT2D eigenvalue weighted by Gasteiger charge is -2.34. The van der Waals surface area contributed by atoms with E-state index in [2.05, 4.69) is 58.7 Å². The number of hydrogen-bond donors (Lipinski definition) is 1. The highest BCUT2D eigenvalue weighted by atomic mass is 15.1. The molecule has 0 aliphatic rings. The normalized spacial score (nSPS) is 14.6. The van der Waals surface area contributed by atoms with Crippen LogP contribution in [-0.2, 0) is 0 Å². The van der Waals surface area contributed by atoms with Crippen molar-refractivity contribution in [3.63, 3.8) is 0 Å². The Morgan fingerprint density at radius 3 is 2.12 bits per heavy atom. The molecule has 0 rings (SSSR count). The molecule has 0 aromatic carbocycles. The zero-order chi connectivity index (χ0) is 13.5. The van der Waals surface area contributed by atoms with Crippen molar-refractivity contribution in [2.75, 3.05) is 26.2 Å². The van der Waals surface area contributed by atoms with Gasteiger partial charge in [0.15, 0.2) is 0 Å². The van der Waals surface area contributed by atoms with E-state index in [4.69, 9.17) is 0 Å². The zero-order valence-electron chi connectivity index (χ0n) is 13.1. The van der Waals surface area contributed by atoms with Crippen LogP contribution in [0.15, 0.2) is 0 Å². The van der Waals surface area contributed by atoms with Gasteiger partial charge in [-0.05, 0) is 17.9 Å². The Hall–Kier alpha value is -0.0800. The standard InChI is InChI=1S/C15H34N2/c1-8-14(5)10-17(9-2)12-15(6,7)11-16-13(3)4/h13-14,16H,8-12H2,1-7H3. The molecule has 1 atom stereocenters. The van der Waals surface area contributed by atoms with Gasteiger partial charge in [0.05, 0.1) is 0 Å². The third kappa shape index (κ3) is 8.62. The molecule has 0 saturated heterocycles. The van der Waals surface area contributed by atoms with Crippen molar-refractivity contribution >= 4 is 0 Å². The van der Waals surface area contributed by atoms with Gasteiger partial charge in [0, 0.05) is 25.7 Å². The second-order valence-corrected chi connectivity index (χ2v) is 6.54. The Balaban J connectivity index is 4.14. The number of nitrogens with zero attached hydrogens (tertiary/aromatic N) is 1. The monoisotopic (exact) mass is 242 g/mol. The lowest BCUT2D eigenvalue weighted by molar-refractivity contribution is 0.159. The summed E-state index contributed by atoms with van der Waals surface area (Å²) in [5.41, 5.74) is 0.355. The maximum absolute atomic E-state index is 3.56. The molecule has 1 N–H and O–H groups in total. The molecule has 2 nitrogen and oxygen atoms in total. The molecule has 0 amide bonds. The average molecular weight is 242 g/mol. The van der Waals surface area contributed by atoms with Crippen LogP contribution in [0.25, 0.3) is 0 Å². The Kier molecular flexibility index (Phi) is 8.06. The molecule has 0 radical (unpaired) electrons. The minimum Gasteiger partial charge on any atom is -0.314 e. The summed E-state index contributed by atoms with van der Waals surface area (Å²) in [4.78, 5) is 2.59. The van der Waals surface area contributed by atoms with Gasteiger partial charge >= 0.3 is 0 Å². The minimum absolute atomic E-state index is 0.355. The Labute approximate surface area is 109 Å². The van der Waals surface area contributed by atoms with Gasteiger partial charge < -0.3 is 10.2 Å². The summed E-state index contributed by atoms with van der Waals surface area (Å²) in [5.74, 6) is 0.809. The fourth-order valence-corrected chi connectivity index (χ4v) is 2.02. The maximum atomic E-state index is 3.56. The Bertz CT molecular complexity index is 187. The van der Waals surface area contributed by atoms with Crippen LogP contribution in [0.1, 0.15) is 54.9 Å². The van der Waals surface area contributed by atoms with Crippen LogP contribution in [0.4, 0.5) is 0 Å². The van der Waals surface area contributed by atoms with Crippen LogP contribution >= 0.6 is 0 Å². The summed E-state index contributed by atoms with van der Waals surface area (Å²) in [6.07, 6.45) is 1.28. The van der Waals surface area contributed by atoms with E-state index >= 15 is 0 Å². The van der Waals surface area contributed by atoms with Crippen LogP contribution in [-0.4, -0.2) is 37.1 Å². The van der Waals surface area contributed by atoms with Crippen LogP contribution < -0.4 is 5.32 Å². The van der Waals surface area contributed by atoms with E-state index in [1.807, 2.05) is 0 Å². The molecule has 0 aliphatic heterocycles. The van der Waals surface area contributed by atoms with Crippen molar-refractivity contribution in [1.29, 1.82) is 0 Å². The first-order chi connectivity index (χ1) is 7.80. The highest BCUT2D eigenvalue weighted by molar-refractivity contribution is 4.77. The third-order valence-corrected chi connectivity index (χ3v) is 3.35.